The number of piperidine rings is 1. The Bertz CT molecular complexity index is 605. The zero-order chi connectivity index (χ0) is 19.8. The predicted octanol–water partition coefficient (Wildman–Crippen LogP) is 2.61. The summed E-state index contributed by atoms with van der Waals surface area (Å²) in [5, 5.41) is 3.07. The van der Waals surface area contributed by atoms with Crippen molar-refractivity contribution in [1.82, 2.24) is 20.1 Å². The second kappa shape index (κ2) is 10.8. The van der Waals surface area contributed by atoms with Crippen LogP contribution in [0.1, 0.15) is 55.8 Å². The number of carbonyl (C=O) groups is 1. The van der Waals surface area contributed by atoms with Gasteiger partial charge in [0.2, 0.25) is 0 Å². The fraction of sp³-hybridized carbons (Fsp3) is 0.727. The Kier molecular flexibility index (Phi) is 8.10. The highest BCUT2D eigenvalue weighted by atomic mass is 16.1. The Hall–Kier alpha value is -1.66. The molecule has 6 heteroatoms. The van der Waals surface area contributed by atoms with Crippen LogP contribution in [0, 0.1) is 0 Å². The van der Waals surface area contributed by atoms with Crippen LogP contribution < -0.4 is 10.2 Å². The van der Waals surface area contributed by atoms with Gasteiger partial charge < -0.3 is 20.0 Å². The lowest BCUT2D eigenvalue weighted by Gasteiger charge is -2.32. The molecule has 3 rings (SSSR count). The number of anilines is 1. The summed E-state index contributed by atoms with van der Waals surface area (Å²) in [6.07, 6.45) is 8.97. The summed E-state index contributed by atoms with van der Waals surface area (Å²) in [7, 11) is 2.19. The minimum atomic E-state index is -0.0116. The molecule has 1 amide bonds. The zero-order valence-corrected chi connectivity index (χ0v) is 17.7. The number of aromatic nitrogens is 1. The van der Waals surface area contributed by atoms with Crippen molar-refractivity contribution in [2.24, 2.45) is 0 Å². The van der Waals surface area contributed by atoms with Crippen LogP contribution in [-0.2, 0) is 0 Å². The van der Waals surface area contributed by atoms with Crippen LogP contribution in [-0.4, -0.2) is 79.6 Å². The molecule has 156 valence electrons. The van der Waals surface area contributed by atoms with E-state index in [4.69, 9.17) is 0 Å². The molecule has 0 spiro atoms. The molecule has 28 heavy (non-hydrogen) atoms. The molecular formula is C22H37N5O. The Morgan fingerprint density at radius 1 is 1.14 bits per heavy atom. The van der Waals surface area contributed by atoms with E-state index < -0.39 is 0 Å². The lowest BCUT2D eigenvalue weighted by molar-refractivity contribution is 0.0945. The maximum Gasteiger partial charge on any atom is 0.252 e. The molecule has 6 nitrogen and oxygen atoms in total. The SMILES string of the molecule is CCCN1CCCN(c2ccc(C(=O)NCCC3CCCCN3C)cn2)CC1. The molecule has 0 radical (unpaired) electrons. The largest absolute Gasteiger partial charge is 0.355 e. The first-order chi connectivity index (χ1) is 13.7. The highest BCUT2D eigenvalue weighted by molar-refractivity contribution is 5.94. The summed E-state index contributed by atoms with van der Waals surface area (Å²) < 4.78 is 0. The van der Waals surface area contributed by atoms with Gasteiger partial charge in [-0.3, -0.25) is 4.79 Å². The van der Waals surface area contributed by atoms with Crippen LogP contribution in [0.2, 0.25) is 0 Å². The quantitative estimate of drug-likeness (QED) is 0.779. The molecule has 1 aromatic rings. The summed E-state index contributed by atoms with van der Waals surface area (Å²) in [4.78, 5) is 24.3. The molecule has 2 saturated heterocycles. The number of carbonyl (C=O) groups excluding carboxylic acids is 1. The van der Waals surface area contributed by atoms with Crippen molar-refractivity contribution in [3.63, 3.8) is 0 Å². The molecule has 3 heterocycles. The lowest BCUT2D eigenvalue weighted by Crippen LogP contribution is -2.39. The van der Waals surface area contributed by atoms with E-state index in [0.29, 0.717) is 11.6 Å². The Labute approximate surface area is 170 Å². The fourth-order valence-electron chi connectivity index (χ4n) is 4.41. The number of pyridine rings is 1. The van der Waals surface area contributed by atoms with E-state index in [0.717, 1.165) is 38.4 Å². The Morgan fingerprint density at radius 2 is 2.04 bits per heavy atom. The molecule has 1 N–H and O–H groups in total. The zero-order valence-electron chi connectivity index (χ0n) is 17.7. The molecule has 2 fully saturated rings. The van der Waals surface area contributed by atoms with Crippen LogP contribution in [0.5, 0.6) is 0 Å². The van der Waals surface area contributed by atoms with Gasteiger partial charge in [0, 0.05) is 38.4 Å². The number of rotatable bonds is 7. The third-order valence-corrected chi connectivity index (χ3v) is 6.15. The van der Waals surface area contributed by atoms with Gasteiger partial charge in [-0.15, -0.1) is 0 Å². The van der Waals surface area contributed by atoms with Crippen molar-refractivity contribution in [2.75, 3.05) is 57.8 Å². The van der Waals surface area contributed by atoms with Gasteiger partial charge in [0.15, 0.2) is 0 Å². The highest BCUT2D eigenvalue weighted by Gasteiger charge is 2.19. The topological polar surface area (TPSA) is 51.7 Å². The molecule has 1 unspecified atom stereocenters. The number of likely N-dealkylation sites (tertiary alicyclic amines) is 1. The molecule has 0 bridgehead atoms. The van der Waals surface area contributed by atoms with Crippen molar-refractivity contribution in [1.29, 1.82) is 0 Å². The maximum atomic E-state index is 12.4. The Balaban J connectivity index is 1.46. The summed E-state index contributed by atoms with van der Waals surface area (Å²) in [5.74, 6) is 0.973. The normalized spacial score (nSPS) is 22.1. The highest BCUT2D eigenvalue weighted by Crippen LogP contribution is 2.17. The van der Waals surface area contributed by atoms with Crippen molar-refractivity contribution in [3.05, 3.63) is 23.9 Å². The van der Waals surface area contributed by atoms with E-state index in [1.54, 1.807) is 6.20 Å². The van der Waals surface area contributed by atoms with Gasteiger partial charge in [-0.05, 0) is 70.9 Å². The first-order valence-corrected chi connectivity index (χ1v) is 11.1. The average Bonchev–Trinajstić information content (AvgIpc) is 2.95. The molecule has 0 saturated carbocycles. The number of nitrogens with zero attached hydrogens (tertiary/aromatic N) is 4. The number of hydrogen-bond acceptors (Lipinski definition) is 5. The van der Waals surface area contributed by atoms with Crippen molar-refractivity contribution < 1.29 is 4.79 Å². The van der Waals surface area contributed by atoms with Gasteiger partial charge in [0.05, 0.1) is 5.56 Å². The third kappa shape index (κ3) is 5.92. The van der Waals surface area contributed by atoms with Gasteiger partial charge >= 0.3 is 0 Å². The monoisotopic (exact) mass is 387 g/mol. The molecule has 1 aromatic heterocycles. The van der Waals surface area contributed by atoms with E-state index in [1.807, 2.05) is 12.1 Å². The van der Waals surface area contributed by atoms with Crippen LogP contribution in [0.4, 0.5) is 5.82 Å². The average molecular weight is 388 g/mol. The van der Waals surface area contributed by atoms with E-state index in [1.165, 1.54) is 51.7 Å². The molecule has 2 aliphatic heterocycles. The van der Waals surface area contributed by atoms with Crippen molar-refractivity contribution >= 4 is 11.7 Å². The fourth-order valence-corrected chi connectivity index (χ4v) is 4.41. The summed E-state index contributed by atoms with van der Waals surface area (Å²) in [6, 6.07) is 4.52. The second-order valence-electron chi connectivity index (χ2n) is 8.26. The first-order valence-electron chi connectivity index (χ1n) is 11.1. The van der Waals surface area contributed by atoms with Crippen LogP contribution >= 0.6 is 0 Å². The summed E-state index contributed by atoms with van der Waals surface area (Å²) >= 11 is 0. The van der Waals surface area contributed by atoms with E-state index in [2.05, 4.69) is 39.0 Å². The van der Waals surface area contributed by atoms with Gasteiger partial charge in [-0.25, -0.2) is 4.98 Å². The number of amides is 1. The minimum absolute atomic E-state index is 0.0116. The van der Waals surface area contributed by atoms with Crippen molar-refractivity contribution in [3.8, 4) is 0 Å². The maximum absolute atomic E-state index is 12.4. The second-order valence-corrected chi connectivity index (χ2v) is 8.26. The van der Waals surface area contributed by atoms with Crippen LogP contribution in [0.15, 0.2) is 18.3 Å². The van der Waals surface area contributed by atoms with Gasteiger partial charge in [-0.2, -0.15) is 0 Å². The number of hydrogen-bond donors (Lipinski definition) is 1. The molecular weight excluding hydrogens is 350 g/mol. The van der Waals surface area contributed by atoms with Gasteiger partial charge in [-0.1, -0.05) is 13.3 Å². The number of nitrogens with one attached hydrogen (secondary N) is 1. The predicted molar refractivity (Wildman–Crippen MR) is 115 cm³/mol. The molecule has 0 aromatic carbocycles. The summed E-state index contributed by atoms with van der Waals surface area (Å²) in [6.45, 7) is 9.62. The molecule has 2 aliphatic rings. The Morgan fingerprint density at radius 3 is 2.79 bits per heavy atom. The van der Waals surface area contributed by atoms with E-state index in [-0.39, 0.29) is 5.91 Å². The smallest absolute Gasteiger partial charge is 0.252 e. The molecule has 1 atom stereocenters. The first kappa shape index (κ1) is 21.1. The lowest BCUT2D eigenvalue weighted by atomic mass is 10.0. The third-order valence-electron chi connectivity index (χ3n) is 6.15. The minimum Gasteiger partial charge on any atom is -0.355 e. The van der Waals surface area contributed by atoms with E-state index >= 15 is 0 Å². The van der Waals surface area contributed by atoms with Gasteiger partial charge in [0.25, 0.3) is 5.91 Å². The van der Waals surface area contributed by atoms with Crippen LogP contribution in [0.25, 0.3) is 0 Å². The molecule has 0 aliphatic carbocycles. The van der Waals surface area contributed by atoms with Gasteiger partial charge in [0.1, 0.15) is 5.82 Å². The standard InChI is InChI=1S/C22H37N5O/c1-3-12-26-14-6-15-27(17-16-26)21-9-8-19(18-24-21)22(28)23-11-10-20-7-4-5-13-25(20)2/h8-9,18,20H,3-7,10-17H2,1-2H3,(H,23,28). The van der Waals surface area contributed by atoms with Crippen molar-refractivity contribution in [2.45, 2.75) is 51.5 Å². The van der Waals surface area contributed by atoms with E-state index in [9.17, 15) is 4.79 Å². The summed E-state index contributed by atoms with van der Waals surface area (Å²) in [5.41, 5.74) is 0.656. The van der Waals surface area contributed by atoms with Crippen LogP contribution in [0.3, 0.4) is 0 Å².